The molecule has 4 nitrogen and oxygen atoms in total. The van der Waals surface area contributed by atoms with E-state index in [2.05, 4.69) is 10.3 Å². The monoisotopic (exact) mass is 251 g/mol. The van der Waals surface area contributed by atoms with Gasteiger partial charge in [0.15, 0.2) is 0 Å². The van der Waals surface area contributed by atoms with E-state index in [0.29, 0.717) is 18.2 Å². The van der Waals surface area contributed by atoms with Gasteiger partial charge >= 0.3 is 0 Å². The molecule has 0 bridgehead atoms. The summed E-state index contributed by atoms with van der Waals surface area (Å²) in [6, 6.07) is 2.76. The maximum Gasteiger partial charge on any atom is 0.227 e. The molecule has 0 saturated heterocycles. The number of aromatic nitrogens is 1. The number of rotatable bonds is 3. The van der Waals surface area contributed by atoms with Gasteiger partial charge < -0.3 is 11.1 Å². The molecule has 18 heavy (non-hydrogen) atoms. The molecule has 3 N–H and O–H groups in total. The van der Waals surface area contributed by atoms with Gasteiger partial charge in [-0.05, 0) is 50.3 Å². The summed E-state index contributed by atoms with van der Waals surface area (Å²) in [6.07, 6.45) is 5.11. The van der Waals surface area contributed by atoms with E-state index < -0.39 is 5.95 Å². The van der Waals surface area contributed by atoms with E-state index in [1.165, 1.54) is 18.3 Å². The van der Waals surface area contributed by atoms with E-state index >= 15 is 0 Å². The number of carbonyl (C=O) groups excluding carboxylic acids is 1. The molecule has 0 atom stereocenters. The topological polar surface area (TPSA) is 68.0 Å². The second kappa shape index (κ2) is 5.91. The van der Waals surface area contributed by atoms with Crippen LogP contribution in [0.25, 0.3) is 0 Å². The predicted molar refractivity (Wildman–Crippen MR) is 67.3 cm³/mol. The third-order valence-corrected chi connectivity index (χ3v) is 3.55. The minimum absolute atomic E-state index is 0.00104. The molecule has 0 aromatic carbocycles. The van der Waals surface area contributed by atoms with Crippen LogP contribution >= 0.6 is 0 Å². The first kappa shape index (κ1) is 13.0. The fourth-order valence-corrected chi connectivity index (χ4v) is 2.35. The Balaban J connectivity index is 1.87. The number of anilines is 1. The zero-order valence-electron chi connectivity index (χ0n) is 10.2. The van der Waals surface area contributed by atoms with Crippen molar-refractivity contribution in [2.45, 2.75) is 25.7 Å². The molecule has 0 aliphatic heterocycles. The standard InChI is InChI=1S/C13H18FN3O/c14-12-6-5-11(8-16-12)17-13(18)10-3-1-9(7-15)2-4-10/h5-6,8-10H,1-4,7,15H2,(H,17,18). The summed E-state index contributed by atoms with van der Waals surface area (Å²) in [4.78, 5) is 15.5. The van der Waals surface area contributed by atoms with E-state index in [1.807, 2.05) is 0 Å². The molecule has 1 aromatic rings. The molecule has 0 radical (unpaired) electrons. The average Bonchev–Trinajstić information content (AvgIpc) is 2.41. The third-order valence-electron chi connectivity index (χ3n) is 3.55. The van der Waals surface area contributed by atoms with Gasteiger partial charge in [-0.25, -0.2) is 4.98 Å². The SMILES string of the molecule is NCC1CCC(C(=O)Nc2ccc(F)nc2)CC1. The third kappa shape index (κ3) is 3.26. The molecule has 0 spiro atoms. The fraction of sp³-hybridized carbons (Fsp3) is 0.538. The Kier molecular flexibility index (Phi) is 4.25. The molecular weight excluding hydrogens is 233 g/mol. The fourth-order valence-electron chi connectivity index (χ4n) is 2.35. The van der Waals surface area contributed by atoms with Crippen LogP contribution in [0.5, 0.6) is 0 Å². The number of hydrogen-bond donors (Lipinski definition) is 2. The van der Waals surface area contributed by atoms with Crippen LogP contribution < -0.4 is 11.1 Å². The molecule has 1 heterocycles. The second-order valence-corrected chi connectivity index (χ2v) is 4.81. The van der Waals surface area contributed by atoms with Gasteiger partial charge in [0.05, 0.1) is 11.9 Å². The molecule has 1 aliphatic rings. The number of amides is 1. The molecular formula is C13H18FN3O. The van der Waals surface area contributed by atoms with Crippen molar-refractivity contribution in [1.82, 2.24) is 4.98 Å². The van der Waals surface area contributed by atoms with Crippen molar-refractivity contribution in [3.8, 4) is 0 Å². The molecule has 1 amide bonds. The number of carbonyl (C=O) groups is 1. The van der Waals surface area contributed by atoms with Crippen LogP contribution in [0.15, 0.2) is 18.3 Å². The van der Waals surface area contributed by atoms with Crippen molar-refractivity contribution < 1.29 is 9.18 Å². The zero-order valence-corrected chi connectivity index (χ0v) is 10.2. The lowest BCUT2D eigenvalue weighted by atomic mass is 9.81. The second-order valence-electron chi connectivity index (χ2n) is 4.81. The lowest BCUT2D eigenvalue weighted by Gasteiger charge is -2.26. The molecule has 2 rings (SSSR count). The van der Waals surface area contributed by atoms with Gasteiger partial charge in [-0.2, -0.15) is 4.39 Å². The molecule has 1 saturated carbocycles. The lowest BCUT2D eigenvalue weighted by molar-refractivity contribution is -0.121. The summed E-state index contributed by atoms with van der Waals surface area (Å²) in [5.41, 5.74) is 6.16. The number of nitrogens with zero attached hydrogens (tertiary/aromatic N) is 1. The number of hydrogen-bond acceptors (Lipinski definition) is 3. The van der Waals surface area contributed by atoms with Crippen LogP contribution in [-0.4, -0.2) is 17.4 Å². The summed E-state index contributed by atoms with van der Waals surface area (Å²) in [5.74, 6) is 0.0507. The van der Waals surface area contributed by atoms with Gasteiger partial charge in [-0.15, -0.1) is 0 Å². The Morgan fingerprint density at radius 3 is 2.67 bits per heavy atom. The highest BCUT2D eigenvalue weighted by atomic mass is 19.1. The molecule has 0 unspecified atom stereocenters. The quantitative estimate of drug-likeness (QED) is 0.806. The van der Waals surface area contributed by atoms with Gasteiger partial charge in [0.1, 0.15) is 0 Å². The maximum absolute atomic E-state index is 12.6. The van der Waals surface area contributed by atoms with Gasteiger partial charge in [-0.3, -0.25) is 4.79 Å². The average molecular weight is 251 g/mol. The van der Waals surface area contributed by atoms with Crippen molar-refractivity contribution in [1.29, 1.82) is 0 Å². The van der Waals surface area contributed by atoms with Crippen LogP contribution in [-0.2, 0) is 4.79 Å². The summed E-state index contributed by atoms with van der Waals surface area (Å²) in [5, 5.41) is 2.77. The smallest absolute Gasteiger partial charge is 0.227 e. The molecule has 98 valence electrons. The van der Waals surface area contributed by atoms with E-state index in [-0.39, 0.29) is 11.8 Å². The highest BCUT2D eigenvalue weighted by Gasteiger charge is 2.25. The molecule has 1 aliphatic carbocycles. The lowest BCUT2D eigenvalue weighted by Crippen LogP contribution is -2.29. The highest BCUT2D eigenvalue weighted by Crippen LogP contribution is 2.28. The summed E-state index contributed by atoms with van der Waals surface area (Å²) < 4.78 is 12.6. The van der Waals surface area contributed by atoms with Crippen LogP contribution in [0.3, 0.4) is 0 Å². The number of pyridine rings is 1. The van der Waals surface area contributed by atoms with Crippen LogP contribution in [0, 0.1) is 17.8 Å². The zero-order chi connectivity index (χ0) is 13.0. The van der Waals surface area contributed by atoms with Crippen molar-refractivity contribution in [3.05, 3.63) is 24.3 Å². The van der Waals surface area contributed by atoms with Gasteiger partial charge in [-0.1, -0.05) is 0 Å². The van der Waals surface area contributed by atoms with Crippen LogP contribution in [0.1, 0.15) is 25.7 Å². The largest absolute Gasteiger partial charge is 0.330 e. The van der Waals surface area contributed by atoms with Gasteiger partial charge in [0.2, 0.25) is 11.9 Å². The Morgan fingerprint density at radius 1 is 1.39 bits per heavy atom. The first-order chi connectivity index (χ1) is 8.69. The normalized spacial score (nSPS) is 23.7. The Hall–Kier alpha value is -1.49. The van der Waals surface area contributed by atoms with Gasteiger partial charge in [0, 0.05) is 5.92 Å². The van der Waals surface area contributed by atoms with Crippen LogP contribution in [0.4, 0.5) is 10.1 Å². The van der Waals surface area contributed by atoms with Gasteiger partial charge in [0.25, 0.3) is 0 Å². The highest BCUT2D eigenvalue weighted by molar-refractivity contribution is 5.92. The van der Waals surface area contributed by atoms with Crippen molar-refractivity contribution in [2.75, 3.05) is 11.9 Å². The Bertz CT molecular complexity index is 399. The first-order valence-corrected chi connectivity index (χ1v) is 6.31. The Labute approximate surface area is 106 Å². The van der Waals surface area contributed by atoms with Crippen molar-refractivity contribution in [2.24, 2.45) is 17.6 Å². The molecule has 1 aromatic heterocycles. The molecule has 5 heteroatoms. The van der Waals surface area contributed by atoms with Crippen molar-refractivity contribution in [3.63, 3.8) is 0 Å². The number of halogens is 1. The minimum Gasteiger partial charge on any atom is -0.330 e. The van der Waals surface area contributed by atoms with Crippen molar-refractivity contribution >= 4 is 11.6 Å². The predicted octanol–water partition coefficient (Wildman–Crippen LogP) is 1.92. The maximum atomic E-state index is 12.6. The minimum atomic E-state index is -0.545. The molecule has 1 fully saturated rings. The van der Waals surface area contributed by atoms with E-state index in [4.69, 9.17) is 5.73 Å². The number of nitrogens with two attached hydrogens (primary N) is 1. The number of nitrogens with one attached hydrogen (secondary N) is 1. The van der Waals surface area contributed by atoms with Crippen LogP contribution in [0.2, 0.25) is 0 Å². The van der Waals surface area contributed by atoms with E-state index in [0.717, 1.165) is 25.7 Å². The summed E-state index contributed by atoms with van der Waals surface area (Å²) in [7, 11) is 0. The van der Waals surface area contributed by atoms with E-state index in [1.54, 1.807) is 0 Å². The Morgan fingerprint density at radius 2 is 2.11 bits per heavy atom. The first-order valence-electron chi connectivity index (χ1n) is 6.31. The summed E-state index contributed by atoms with van der Waals surface area (Å²) >= 11 is 0. The summed E-state index contributed by atoms with van der Waals surface area (Å²) in [6.45, 7) is 0.705. The van der Waals surface area contributed by atoms with E-state index in [9.17, 15) is 9.18 Å².